The number of hydrogen-bond acceptors (Lipinski definition) is 1. The number of rotatable bonds is 3. The van der Waals surface area contributed by atoms with Gasteiger partial charge in [0.1, 0.15) is 0 Å². The number of hydrogen-bond donors (Lipinski definition) is 0. The zero-order valence-electron chi connectivity index (χ0n) is 13.4. The molecule has 0 N–H and O–H groups in total. The average molecular weight is 296 g/mol. The summed E-state index contributed by atoms with van der Waals surface area (Å²) in [6.07, 6.45) is 0.131. The number of fused-ring (bicyclic) bond motifs is 1. The van der Waals surface area contributed by atoms with Crippen LogP contribution in [0.25, 0.3) is 0 Å². The van der Waals surface area contributed by atoms with Crippen LogP contribution in [0.15, 0.2) is 42.5 Å². The van der Waals surface area contributed by atoms with Crippen molar-refractivity contribution in [2.24, 2.45) is 0 Å². The van der Waals surface area contributed by atoms with Gasteiger partial charge in [-0.3, -0.25) is 0 Å². The standard InChI is InChI=1S/C19H24OSi/c1-5-21(6-2)18-11-10-15(4)13-17(18)19(20-21)16-9-7-8-14(3)12-16/h7-13,19H,5-6H2,1-4H3. The van der Waals surface area contributed by atoms with Crippen LogP contribution >= 0.6 is 0 Å². The summed E-state index contributed by atoms with van der Waals surface area (Å²) in [7, 11) is -1.79. The zero-order chi connectivity index (χ0) is 15.0. The van der Waals surface area contributed by atoms with Gasteiger partial charge in [-0.2, -0.15) is 0 Å². The van der Waals surface area contributed by atoms with Crippen molar-refractivity contribution in [2.45, 2.75) is 45.9 Å². The lowest BCUT2D eigenvalue weighted by atomic mass is 9.99. The van der Waals surface area contributed by atoms with Crippen molar-refractivity contribution in [1.82, 2.24) is 0 Å². The third-order valence-corrected chi connectivity index (χ3v) is 9.22. The minimum Gasteiger partial charge on any atom is -0.401 e. The minimum absolute atomic E-state index is 0.131. The Morgan fingerprint density at radius 2 is 1.67 bits per heavy atom. The van der Waals surface area contributed by atoms with Gasteiger partial charge in [0, 0.05) is 0 Å². The molecule has 1 aliphatic rings. The van der Waals surface area contributed by atoms with Gasteiger partial charge in [-0.1, -0.05) is 67.4 Å². The van der Waals surface area contributed by atoms with Crippen LogP contribution in [0, 0.1) is 13.8 Å². The molecule has 3 rings (SSSR count). The Bertz CT molecular complexity index is 658. The van der Waals surface area contributed by atoms with E-state index in [4.69, 9.17) is 4.43 Å². The van der Waals surface area contributed by atoms with Crippen molar-refractivity contribution in [1.29, 1.82) is 0 Å². The largest absolute Gasteiger partial charge is 0.401 e. The minimum atomic E-state index is -1.79. The lowest BCUT2D eigenvalue weighted by molar-refractivity contribution is 0.253. The highest BCUT2D eigenvalue weighted by atomic mass is 28.4. The topological polar surface area (TPSA) is 9.23 Å². The van der Waals surface area contributed by atoms with Gasteiger partial charge in [0.25, 0.3) is 0 Å². The fraction of sp³-hybridized carbons (Fsp3) is 0.368. The Balaban J connectivity index is 2.15. The second-order valence-corrected chi connectivity index (χ2v) is 10.4. The van der Waals surface area contributed by atoms with Crippen LogP contribution in [-0.4, -0.2) is 8.32 Å². The summed E-state index contributed by atoms with van der Waals surface area (Å²) >= 11 is 0. The zero-order valence-corrected chi connectivity index (χ0v) is 14.4. The monoisotopic (exact) mass is 296 g/mol. The van der Waals surface area contributed by atoms with Crippen LogP contribution in [0.4, 0.5) is 0 Å². The highest BCUT2D eigenvalue weighted by Crippen LogP contribution is 2.39. The molecular weight excluding hydrogens is 272 g/mol. The van der Waals surface area contributed by atoms with Crippen molar-refractivity contribution in [2.75, 3.05) is 0 Å². The normalized spacial score (nSPS) is 19.5. The lowest BCUT2D eigenvalue weighted by Crippen LogP contribution is -2.45. The van der Waals surface area contributed by atoms with E-state index in [9.17, 15) is 0 Å². The maximum absolute atomic E-state index is 6.75. The fourth-order valence-electron chi connectivity index (χ4n) is 3.54. The summed E-state index contributed by atoms with van der Waals surface area (Å²) in [6, 6.07) is 18.0. The third-order valence-electron chi connectivity index (χ3n) is 4.81. The van der Waals surface area contributed by atoms with Crippen LogP contribution in [0.1, 0.15) is 42.2 Å². The van der Waals surface area contributed by atoms with Crippen molar-refractivity contribution < 1.29 is 4.43 Å². The molecule has 2 aromatic carbocycles. The Kier molecular flexibility index (Phi) is 3.76. The third kappa shape index (κ3) is 2.37. The number of benzene rings is 2. The van der Waals surface area contributed by atoms with Gasteiger partial charge in [0.2, 0.25) is 8.32 Å². The molecular formula is C19H24OSi. The summed E-state index contributed by atoms with van der Waals surface area (Å²) in [5, 5.41) is 1.52. The van der Waals surface area contributed by atoms with E-state index in [0.29, 0.717) is 0 Å². The molecule has 1 unspecified atom stereocenters. The molecule has 0 saturated carbocycles. The van der Waals surface area contributed by atoms with E-state index in [2.05, 4.69) is 70.2 Å². The quantitative estimate of drug-likeness (QED) is 0.751. The van der Waals surface area contributed by atoms with Gasteiger partial charge in [-0.15, -0.1) is 0 Å². The SMILES string of the molecule is CC[Si]1(CC)OC(c2cccc(C)c2)c2cc(C)ccc21. The molecule has 0 amide bonds. The molecule has 1 atom stereocenters. The first-order valence-electron chi connectivity index (χ1n) is 7.95. The van der Waals surface area contributed by atoms with Crippen molar-refractivity contribution in [3.63, 3.8) is 0 Å². The second kappa shape index (κ2) is 5.43. The van der Waals surface area contributed by atoms with Gasteiger partial charge < -0.3 is 4.43 Å². The summed E-state index contributed by atoms with van der Waals surface area (Å²) < 4.78 is 6.75. The molecule has 110 valence electrons. The molecule has 2 aromatic rings. The first-order chi connectivity index (χ1) is 10.1. The van der Waals surface area contributed by atoms with E-state index in [1.54, 1.807) is 0 Å². The summed E-state index contributed by atoms with van der Waals surface area (Å²) in [5.74, 6) is 0. The Labute approximate surface area is 129 Å². The molecule has 0 fully saturated rings. The van der Waals surface area contributed by atoms with Crippen molar-refractivity contribution >= 4 is 13.5 Å². The smallest absolute Gasteiger partial charge is 0.225 e. The summed E-state index contributed by atoms with van der Waals surface area (Å²) in [6.45, 7) is 8.91. The second-order valence-electron chi connectivity index (χ2n) is 6.20. The predicted molar refractivity (Wildman–Crippen MR) is 91.6 cm³/mol. The van der Waals surface area contributed by atoms with Crippen molar-refractivity contribution in [3.8, 4) is 0 Å². The summed E-state index contributed by atoms with van der Waals surface area (Å²) in [5.41, 5.74) is 5.35. The lowest BCUT2D eigenvalue weighted by Gasteiger charge is -2.25. The molecule has 2 heteroatoms. The van der Waals surface area contributed by atoms with E-state index >= 15 is 0 Å². The van der Waals surface area contributed by atoms with E-state index in [-0.39, 0.29) is 6.10 Å². The van der Waals surface area contributed by atoms with Crippen LogP contribution in [0.2, 0.25) is 12.1 Å². The molecule has 0 bridgehead atoms. The Morgan fingerprint density at radius 1 is 0.952 bits per heavy atom. The average Bonchev–Trinajstić information content (AvgIpc) is 2.81. The molecule has 1 heterocycles. The van der Waals surface area contributed by atoms with Gasteiger partial charge in [-0.05, 0) is 42.2 Å². The van der Waals surface area contributed by atoms with Crippen LogP contribution in [0.5, 0.6) is 0 Å². The summed E-state index contributed by atoms with van der Waals surface area (Å²) in [4.78, 5) is 0. The maximum atomic E-state index is 6.75. The Morgan fingerprint density at radius 3 is 2.33 bits per heavy atom. The highest BCUT2D eigenvalue weighted by Gasteiger charge is 2.45. The molecule has 1 aliphatic heterocycles. The number of aryl methyl sites for hydroxylation is 2. The molecule has 0 aromatic heterocycles. The van der Waals surface area contributed by atoms with E-state index in [1.807, 2.05) is 0 Å². The van der Waals surface area contributed by atoms with Crippen LogP contribution < -0.4 is 5.19 Å². The molecule has 1 nitrogen and oxygen atoms in total. The predicted octanol–water partition coefficient (Wildman–Crippen LogP) is 4.62. The van der Waals surface area contributed by atoms with Crippen LogP contribution in [-0.2, 0) is 4.43 Å². The molecule has 21 heavy (non-hydrogen) atoms. The molecule has 0 saturated heterocycles. The van der Waals surface area contributed by atoms with Crippen molar-refractivity contribution in [3.05, 3.63) is 64.7 Å². The first kappa shape index (κ1) is 14.5. The van der Waals surface area contributed by atoms with E-state index in [1.165, 1.54) is 27.4 Å². The van der Waals surface area contributed by atoms with Crippen LogP contribution in [0.3, 0.4) is 0 Å². The van der Waals surface area contributed by atoms with Gasteiger partial charge in [0.15, 0.2) is 0 Å². The molecule has 0 aliphatic carbocycles. The van der Waals surface area contributed by atoms with E-state index < -0.39 is 8.32 Å². The first-order valence-corrected chi connectivity index (χ1v) is 10.3. The Hall–Kier alpha value is -1.38. The van der Waals surface area contributed by atoms with Gasteiger partial charge >= 0.3 is 0 Å². The molecule has 0 spiro atoms. The van der Waals surface area contributed by atoms with E-state index in [0.717, 1.165) is 12.1 Å². The van der Waals surface area contributed by atoms with Gasteiger partial charge in [0.05, 0.1) is 6.10 Å². The van der Waals surface area contributed by atoms with Gasteiger partial charge in [-0.25, -0.2) is 0 Å². The molecule has 0 radical (unpaired) electrons. The fourth-order valence-corrected chi connectivity index (χ4v) is 7.10. The highest BCUT2D eigenvalue weighted by molar-refractivity contribution is 6.87. The maximum Gasteiger partial charge on any atom is 0.225 e.